The zero-order chi connectivity index (χ0) is 21.7. The first-order chi connectivity index (χ1) is 13.5. The molecule has 3 rings (SSSR count). The highest BCUT2D eigenvalue weighted by atomic mass is 16.1. The molecule has 2 aromatic rings. The van der Waals surface area contributed by atoms with Gasteiger partial charge >= 0.3 is 0 Å². The van der Waals surface area contributed by atoms with Crippen molar-refractivity contribution >= 4 is 22.4 Å². The molecule has 0 bridgehead atoms. The van der Waals surface area contributed by atoms with E-state index in [0.717, 1.165) is 35.9 Å². The van der Waals surface area contributed by atoms with Gasteiger partial charge in [0, 0.05) is 47.0 Å². The van der Waals surface area contributed by atoms with Crippen LogP contribution in [0.5, 0.6) is 0 Å². The van der Waals surface area contributed by atoms with Crippen LogP contribution < -0.4 is 0 Å². The number of aromatic nitrogens is 1. The molecule has 1 atom stereocenters. The lowest BCUT2D eigenvalue weighted by Gasteiger charge is -2.20. The predicted octanol–water partition coefficient (Wildman–Crippen LogP) is 7.39. The van der Waals surface area contributed by atoms with Crippen LogP contribution in [0.25, 0.3) is 10.9 Å². The van der Waals surface area contributed by atoms with Gasteiger partial charge in [-0.05, 0) is 46.1 Å². The fourth-order valence-corrected chi connectivity index (χ4v) is 3.27. The van der Waals surface area contributed by atoms with Crippen LogP contribution in [0.4, 0.5) is 0 Å². The average molecular weight is 385 g/mol. The van der Waals surface area contributed by atoms with Gasteiger partial charge in [0.15, 0.2) is 5.78 Å². The summed E-state index contributed by atoms with van der Waals surface area (Å²) in [5.41, 5.74) is 4.49. The van der Waals surface area contributed by atoms with Crippen LogP contribution in [0.15, 0.2) is 41.5 Å². The monoisotopic (exact) mass is 384 g/mol. The first kappa shape index (κ1) is 25.8. The van der Waals surface area contributed by atoms with Crippen molar-refractivity contribution in [1.82, 2.24) is 4.57 Å². The molecule has 28 heavy (non-hydrogen) atoms. The third-order valence-corrected chi connectivity index (χ3v) is 4.55. The van der Waals surface area contributed by atoms with Gasteiger partial charge in [0.25, 0.3) is 0 Å². The van der Waals surface area contributed by atoms with E-state index >= 15 is 0 Å². The second-order valence-electron chi connectivity index (χ2n) is 6.46. The van der Waals surface area contributed by atoms with Crippen LogP contribution in [0.3, 0.4) is 0 Å². The Kier molecular flexibility index (Phi) is 12.9. The van der Waals surface area contributed by atoms with Crippen LogP contribution in [0.2, 0.25) is 0 Å². The summed E-state index contributed by atoms with van der Waals surface area (Å²) in [6.45, 7) is 16.0. The molecule has 0 amide bonds. The Balaban J connectivity index is 0.000000564. The van der Waals surface area contributed by atoms with Gasteiger partial charge in [0.1, 0.15) is 0 Å². The maximum atomic E-state index is 12.5. The highest BCUT2D eigenvalue weighted by molar-refractivity contribution is 6.11. The van der Waals surface area contributed by atoms with Crippen molar-refractivity contribution in [2.24, 2.45) is 18.0 Å². The van der Waals surface area contributed by atoms with E-state index in [-0.39, 0.29) is 5.92 Å². The number of carbonyl (C=O) groups is 1. The second-order valence-corrected chi connectivity index (χ2v) is 6.46. The molecule has 3 heteroatoms. The van der Waals surface area contributed by atoms with Gasteiger partial charge in [-0.15, -0.1) is 0 Å². The van der Waals surface area contributed by atoms with E-state index in [2.05, 4.69) is 35.7 Å². The predicted molar refractivity (Wildman–Crippen MR) is 126 cm³/mol. The number of hydrogen-bond donors (Lipinski definition) is 0. The summed E-state index contributed by atoms with van der Waals surface area (Å²) in [5, 5.41) is 1.13. The van der Waals surface area contributed by atoms with Gasteiger partial charge in [-0.25, -0.2) is 0 Å². The molecule has 1 heterocycles. The number of allylic oxidation sites excluding steroid dienone is 1. The molecular formula is C25H40N2O. The van der Waals surface area contributed by atoms with E-state index in [9.17, 15) is 4.79 Å². The lowest BCUT2D eigenvalue weighted by Crippen LogP contribution is -2.22. The van der Waals surface area contributed by atoms with E-state index < -0.39 is 0 Å². The smallest absolute Gasteiger partial charge is 0.168 e. The molecule has 156 valence electrons. The Morgan fingerprint density at radius 2 is 1.79 bits per heavy atom. The molecule has 1 aromatic carbocycles. The fraction of sp³-hybridized carbons (Fsp3) is 0.520. The van der Waals surface area contributed by atoms with Crippen LogP contribution in [-0.2, 0) is 13.5 Å². The number of nitrogens with zero attached hydrogens (tertiary/aromatic N) is 2. The zero-order valence-corrected chi connectivity index (χ0v) is 19.5. The van der Waals surface area contributed by atoms with Crippen molar-refractivity contribution in [3.63, 3.8) is 0 Å². The molecule has 0 fully saturated rings. The van der Waals surface area contributed by atoms with E-state index in [1.165, 1.54) is 11.2 Å². The zero-order valence-electron chi connectivity index (χ0n) is 19.5. The number of para-hydroxylation sites is 1. The lowest BCUT2D eigenvalue weighted by atomic mass is 9.83. The number of fused-ring (bicyclic) bond motifs is 3. The molecule has 0 N–H and O–H groups in total. The summed E-state index contributed by atoms with van der Waals surface area (Å²) in [6.07, 6.45) is 6.70. The molecule has 0 radical (unpaired) electrons. The first-order valence-electron chi connectivity index (χ1n) is 10.7. The third-order valence-electron chi connectivity index (χ3n) is 4.55. The number of benzene rings is 1. The number of ketones is 1. The molecule has 1 aliphatic rings. The van der Waals surface area contributed by atoms with Gasteiger partial charge in [-0.1, -0.05) is 58.9 Å². The molecule has 1 aliphatic carbocycles. The maximum absolute atomic E-state index is 12.5. The Morgan fingerprint density at radius 1 is 1.18 bits per heavy atom. The van der Waals surface area contributed by atoms with Gasteiger partial charge in [-0.3, -0.25) is 9.79 Å². The van der Waals surface area contributed by atoms with E-state index in [4.69, 9.17) is 0 Å². The SMILES string of the molecule is C/C=C\N=C(C)C.CC.CC.CCC1CCc2c(c3ccccc3n2C)C1=O. The minimum atomic E-state index is 0.230. The molecule has 1 aromatic heterocycles. The highest BCUT2D eigenvalue weighted by Crippen LogP contribution is 2.34. The highest BCUT2D eigenvalue weighted by Gasteiger charge is 2.30. The number of aryl methyl sites for hydroxylation is 1. The number of Topliss-reactive ketones (excluding diaryl/α,β-unsaturated/α-hetero) is 1. The topological polar surface area (TPSA) is 34.4 Å². The first-order valence-corrected chi connectivity index (χ1v) is 10.7. The van der Waals surface area contributed by atoms with Crippen LogP contribution in [-0.4, -0.2) is 16.1 Å². The van der Waals surface area contributed by atoms with Crippen molar-refractivity contribution in [3.05, 3.63) is 47.8 Å². The molecule has 1 unspecified atom stereocenters. The van der Waals surface area contributed by atoms with E-state index in [0.29, 0.717) is 5.78 Å². The van der Waals surface area contributed by atoms with Crippen LogP contribution in [0.1, 0.15) is 84.3 Å². The van der Waals surface area contributed by atoms with Crippen molar-refractivity contribution in [2.45, 2.75) is 74.7 Å². The number of carbonyl (C=O) groups excluding carboxylic acids is 1. The lowest BCUT2D eigenvalue weighted by molar-refractivity contribution is 0.0899. The molecule has 0 saturated carbocycles. The van der Waals surface area contributed by atoms with Gasteiger partial charge in [-0.2, -0.15) is 0 Å². The molecule has 0 aliphatic heterocycles. The van der Waals surface area contributed by atoms with Crippen LogP contribution in [0, 0.1) is 5.92 Å². The van der Waals surface area contributed by atoms with Gasteiger partial charge in [0.05, 0.1) is 0 Å². The van der Waals surface area contributed by atoms with Crippen LogP contribution >= 0.6 is 0 Å². The Labute approximate surface area is 172 Å². The normalized spacial score (nSPS) is 14.8. The summed E-state index contributed by atoms with van der Waals surface area (Å²) in [4.78, 5) is 16.4. The third kappa shape index (κ3) is 6.47. The fourth-order valence-electron chi connectivity index (χ4n) is 3.27. The quantitative estimate of drug-likeness (QED) is 0.497. The van der Waals surface area contributed by atoms with Crippen molar-refractivity contribution in [1.29, 1.82) is 0 Å². The van der Waals surface area contributed by atoms with Gasteiger partial charge < -0.3 is 4.57 Å². The van der Waals surface area contributed by atoms with Crippen molar-refractivity contribution < 1.29 is 4.79 Å². The summed E-state index contributed by atoms with van der Waals surface area (Å²) < 4.78 is 2.19. The summed E-state index contributed by atoms with van der Waals surface area (Å²) in [7, 11) is 2.07. The minimum absolute atomic E-state index is 0.230. The Bertz CT molecular complexity index is 777. The maximum Gasteiger partial charge on any atom is 0.168 e. The molecule has 0 saturated heterocycles. The molecule has 3 nitrogen and oxygen atoms in total. The Hall–Kier alpha value is -2.16. The summed E-state index contributed by atoms with van der Waals surface area (Å²) >= 11 is 0. The summed E-state index contributed by atoms with van der Waals surface area (Å²) in [6, 6.07) is 8.23. The minimum Gasteiger partial charge on any atom is -0.347 e. The largest absolute Gasteiger partial charge is 0.347 e. The summed E-state index contributed by atoms with van der Waals surface area (Å²) in [5.74, 6) is 0.582. The van der Waals surface area contributed by atoms with E-state index in [1.807, 2.05) is 66.7 Å². The average Bonchev–Trinajstić information content (AvgIpc) is 3.03. The molecule has 0 spiro atoms. The van der Waals surface area contributed by atoms with Crippen molar-refractivity contribution in [2.75, 3.05) is 0 Å². The van der Waals surface area contributed by atoms with Crippen molar-refractivity contribution in [3.8, 4) is 0 Å². The van der Waals surface area contributed by atoms with Gasteiger partial charge in [0.2, 0.25) is 0 Å². The number of rotatable bonds is 2. The standard InChI is InChI=1S/C15H17NO.C6H11N.2C2H6/c1-3-10-8-9-13-14(15(10)17)11-6-4-5-7-12(11)16(13)2;1-4-5-7-6(2)3;2*1-2/h4-7,10H,3,8-9H2,1-2H3;4-5H,1-3H3;2*1-2H3/b;5-4-;;. The number of hydrogen-bond acceptors (Lipinski definition) is 2. The second kappa shape index (κ2) is 13.9. The molecular weight excluding hydrogens is 344 g/mol. The van der Waals surface area contributed by atoms with E-state index in [1.54, 1.807) is 6.20 Å². The number of aliphatic imine (C=N–C) groups is 1. The Morgan fingerprint density at radius 3 is 2.29 bits per heavy atom.